The smallest absolute Gasteiger partial charge is 0.221 e. The van der Waals surface area contributed by atoms with Gasteiger partial charge in [-0.3, -0.25) is 4.79 Å². The molecule has 0 radical (unpaired) electrons. The highest BCUT2D eigenvalue weighted by Crippen LogP contribution is 2.27. The molecule has 1 aromatic heterocycles. The van der Waals surface area contributed by atoms with Crippen LogP contribution < -0.4 is 10.6 Å². The lowest BCUT2D eigenvalue weighted by Crippen LogP contribution is -2.05. The quantitative estimate of drug-likeness (QED) is 0.601. The number of nitrogens with one attached hydrogen (secondary N) is 2. The molecule has 0 atom stereocenters. The summed E-state index contributed by atoms with van der Waals surface area (Å²) in [4.78, 5) is 16.8. The van der Waals surface area contributed by atoms with Gasteiger partial charge in [0.05, 0.1) is 5.69 Å². The molecule has 3 rings (SSSR count). The van der Waals surface area contributed by atoms with E-state index in [2.05, 4.69) is 21.0 Å². The van der Waals surface area contributed by atoms with Gasteiger partial charge >= 0.3 is 0 Å². The van der Waals surface area contributed by atoms with E-state index in [9.17, 15) is 4.79 Å². The SMILES string of the molecule is CC(=O)Nc1ccc(SCc2csc(Nc3ccccc3)n2)cc1. The van der Waals surface area contributed by atoms with Crippen LogP contribution in [-0.4, -0.2) is 10.9 Å². The fraction of sp³-hybridized carbons (Fsp3) is 0.111. The summed E-state index contributed by atoms with van der Waals surface area (Å²) in [5, 5.41) is 9.05. The molecule has 122 valence electrons. The van der Waals surface area contributed by atoms with Crippen molar-refractivity contribution in [2.75, 3.05) is 10.6 Å². The number of hydrogen-bond donors (Lipinski definition) is 2. The second-order valence-corrected chi connectivity index (χ2v) is 7.04. The van der Waals surface area contributed by atoms with Gasteiger partial charge in [0.1, 0.15) is 0 Å². The van der Waals surface area contributed by atoms with Crippen LogP contribution in [0.1, 0.15) is 12.6 Å². The third kappa shape index (κ3) is 4.84. The molecule has 2 aromatic carbocycles. The van der Waals surface area contributed by atoms with Crippen molar-refractivity contribution in [3.63, 3.8) is 0 Å². The molecule has 0 aliphatic rings. The van der Waals surface area contributed by atoms with Gasteiger partial charge in [-0.1, -0.05) is 18.2 Å². The topological polar surface area (TPSA) is 54.0 Å². The first kappa shape index (κ1) is 16.5. The van der Waals surface area contributed by atoms with Gasteiger partial charge in [-0.05, 0) is 36.4 Å². The number of benzene rings is 2. The molecule has 3 aromatic rings. The first-order valence-corrected chi connectivity index (χ1v) is 9.32. The number of carbonyl (C=O) groups is 1. The highest BCUT2D eigenvalue weighted by atomic mass is 32.2. The Kier molecular flexibility index (Phi) is 5.51. The van der Waals surface area contributed by atoms with Crippen LogP contribution >= 0.6 is 23.1 Å². The minimum absolute atomic E-state index is 0.0590. The number of aromatic nitrogens is 1. The zero-order chi connectivity index (χ0) is 16.8. The third-order valence-corrected chi connectivity index (χ3v) is 4.99. The van der Waals surface area contributed by atoms with Crippen LogP contribution in [-0.2, 0) is 10.5 Å². The standard InChI is InChI=1S/C18H17N3OS2/c1-13(22)19-15-7-9-17(10-8-15)23-11-16-12-24-18(21-16)20-14-5-3-2-4-6-14/h2-10,12H,11H2,1H3,(H,19,22)(H,20,21). The molecular weight excluding hydrogens is 338 g/mol. The lowest BCUT2D eigenvalue weighted by atomic mass is 10.3. The fourth-order valence-electron chi connectivity index (χ4n) is 2.07. The molecule has 0 saturated carbocycles. The summed E-state index contributed by atoms with van der Waals surface area (Å²) in [6.07, 6.45) is 0. The Bertz CT molecular complexity index is 801. The average molecular weight is 355 g/mol. The molecule has 24 heavy (non-hydrogen) atoms. The van der Waals surface area contributed by atoms with Gasteiger partial charge in [-0.25, -0.2) is 4.98 Å². The van der Waals surface area contributed by atoms with Crippen LogP contribution in [0, 0.1) is 0 Å². The molecular formula is C18H17N3OS2. The third-order valence-electron chi connectivity index (χ3n) is 3.14. The van der Waals surface area contributed by atoms with Crippen molar-refractivity contribution in [3.05, 3.63) is 65.7 Å². The van der Waals surface area contributed by atoms with Crippen molar-refractivity contribution in [2.24, 2.45) is 0 Å². The molecule has 0 fully saturated rings. The Balaban J connectivity index is 1.54. The fourth-order valence-corrected chi connectivity index (χ4v) is 3.70. The number of thiazole rings is 1. The molecule has 0 aliphatic carbocycles. The predicted molar refractivity (Wildman–Crippen MR) is 102 cm³/mol. The number of anilines is 3. The zero-order valence-electron chi connectivity index (χ0n) is 13.2. The molecule has 0 aliphatic heterocycles. The Morgan fingerprint density at radius 3 is 2.54 bits per heavy atom. The second-order valence-electron chi connectivity index (χ2n) is 5.13. The summed E-state index contributed by atoms with van der Waals surface area (Å²) < 4.78 is 0. The van der Waals surface area contributed by atoms with Gasteiger partial charge in [0.15, 0.2) is 5.13 Å². The minimum atomic E-state index is -0.0590. The van der Waals surface area contributed by atoms with E-state index in [1.165, 1.54) is 6.92 Å². The molecule has 2 N–H and O–H groups in total. The van der Waals surface area contributed by atoms with Crippen LogP contribution in [0.5, 0.6) is 0 Å². The minimum Gasteiger partial charge on any atom is -0.332 e. The Morgan fingerprint density at radius 2 is 1.83 bits per heavy atom. The van der Waals surface area contributed by atoms with Gasteiger partial charge in [0, 0.05) is 34.3 Å². The number of nitrogens with zero attached hydrogens (tertiary/aromatic N) is 1. The van der Waals surface area contributed by atoms with E-state index in [4.69, 9.17) is 0 Å². The summed E-state index contributed by atoms with van der Waals surface area (Å²) in [5.74, 6) is 0.753. The summed E-state index contributed by atoms with van der Waals surface area (Å²) in [5.41, 5.74) is 2.91. The number of carbonyl (C=O) groups excluding carboxylic acids is 1. The maximum absolute atomic E-state index is 11.0. The van der Waals surface area contributed by atoms with Crippen LogP contribution in [0.25, 0.3) is 0 Å². The maximum Gasteiger partial charge on any atom is 0.221 e. The molecule has 1 amide bonds. The van der Waals surface area contributed by atoms with Crippen molar-refractivity contribution >= 4 is 45.5 Å². The van der Waals surface area contributed by atoms with E-state index in [0.29, 0.717) is 0 Å². The van der Waals surface area contributed by atoms with Gasteiger partial charge in [0.25, 0.3) is 0 Å². The number of para-hydroxylation sites is 1. The maximum atomic E-state index is 11.0. The largest absolute Gasteiger partial charge is 0.332 e. The Labute approximate surface area is 149 Å². The predicted octanol–water partition coefficient (Wildman–Crippen LogP) is 5.14. The van der Waals surface area contributed by atoms with Crippen molar-refractivity contribution in [2.45, 2.75) is 17.6 Å². The van der Waals surface area contributed by atoms with E-state index < -0.39 is 0 Å². The van der Waals surface area contributed by atoms with Gasteiger partial charge in [-0.2, -0.15) is 0 Å². The highest BCUT2D eigenvalue weighted by Gasteiger charge is 2.04. The van der Waals surface area contributed by atoms with Crippen LogP contribution in [0.15, 0.2) is 64.9 Å². The van der Waals surface area contributed by atoms with Crippen molar-refractivity contribution in [1.82, 2.24) is 4.98 Å². The molecule has 0 bridgehead atoms. The number of amides is 1. The van der Waals surface area contributed by atoms with E-state index in [1.54, 1.807) is 23.1 Å². The summed E-state index contributed by atoms with van der Waals surface area (Å²) in [6, 6.07) is 17.9. The lowest BCUT2D eigenvalue weighted by Gasteiger charge is -2.04. The number of rotatable bonds is 6. The van der Waals surface area contributed by atoms with Gasteiger partial charge in [-0.15, -0.1) is 23.1 Å². The van der Waals surface area contributed by atoms with Gasteiger partial charge < -0.3 is 10.6 Å². The molecule has 0 unspecified atom stereocenters. The zero-order valence-corrected chi connectivity index (χ0v) is 14.8. The van der Waals surface area contributed by atoms with E-state index >= 15 is 0 Å². The first-order valence-electron chi connectivity index (χ1n) is 7.46. The molecule has 1 heterocycles. The normalized spacial score (nSPS) is 10.4. The van der Waals surface area contributed by atoms with Crippen LogP contribution in [0.3, 0.4) is 0 Å². The highest BCUT2D eigenvalue weighted by molar-refractivity contribution is 7.98. The lowest BCUT2D eigenvalue weighted by molar-refractivity contribution is -0.114. The van der Waals surface area contributed by atoms with E-state index in [1.807, 2.05) is 54.6 Å². The van der Waals surface area contributed by atoms with E-state index in [0.717, 1.165) is 32.8 Å². The van der Waals surface area contributed by atoms with Crippen LogP contribution in [0.2, 0.25) is 0 Å². The van der Waals surface area contributed by atoms with Gasteiger partial charge in [0.2, 0.25) is 5.91 Å². The second kappa shape index (κ2) is 7.99. The van der Waals surface area contributed by atoms with Crippen molar-refractivity contribution in [1.29, 1.82) is 0 Å². The Morgan fingerprint density at radius 1 is 1.08 bits per heavy atom. The monoisotopic (exact) mass is 355 g/mol. The van der Waals surface area contributed by atoms with Crippen molar-refractivity contribution < 1.29 is 4.79 Å². The summed E-state index contributed by atoms with van der Waals surface area (Å²) in [7, 11) is 0. The molecule has 4 nitrogen and oxygen atoms in total. The number of thioether (sulfide) groups is 1. The molecule has 0 saturated heterocycles. The van der Waals surface area contributed by atoms with Crippen molar-refractivity contribution in [3.8, 4) is 0 Å². The first-order chi connectivity index (χ1) is 11.7. The summed E-state index contributed by atoms with van der Waals surface area (Å²) in [6.45, 7) is 1.51. The average Bonchev–Trinajstić information content (AvgIpc) is 3.02. The van der Waals surface area contributed by atoms with E-state index in [-0.39, 0.29) is 5.91 Å². The number of hydrogen-bond acceptors (Lipinski definition) is 5. The summed E-state index contributed by atoms with van der Waals surface area (Å²) >= 11 is 3.33. The Hall–Kier alpha value is -2.31. The molecule has 6 heteroatoms. The molecule has 0 spiro atoms. The van der Waals surface area contributed by atoms with Crippen LogP contribution in [0.4, 0.5) is 16.5 Å².